The van der Waals surface area contributed by atoms with Crippen LogP contribution in [0.25, 0.3) is 0 Å². The second kappa shape index (κ2) is 5.52. The van der Waals surface area contributed by atoms with E-state index in [1.165, 1.54) is 27.8 Å². The van der Waals surface area contributed by atoms with Gasteiger partial charge in [0.2, 0.25) is 0 Å². The van der Waals surface area contributed by atoms with Gasteiger partial charge in [-0.2, -0.15) is 0 Å². The number of imidazole rings is 1. The van der Waals surface area contributed by atoms with Crippen LogP contribution in [0.4, 0.5) is 10.3 Å². The molecule has 9 nitrogen and oxygen atoms in total. The Kier molecular flexibility index (Phi) is 3.80. The molecule has 2 rings (SSSR count). The van der Waals surface area contributed by atoms with Crippen LogP contribution in [0.2, 0.25) is 0 Å². The fraction of sp³-hybridized carbons (Fsp3) is 0.444. The molecule has 0 amide bonds. The van der Waals surface area contributed by atoms with Gasteiger partial charge >= 0.3 is 5.95 Å². The predicted molar refractivity (Wildman–Crippen MR) is 60.1 cm³/mol. The number of nitrogens with zero attached hydrogens (tertiary/aromatic N) is 6. The molecule has 0 aromatic carbocycles. The molecule has 0 bridgehead atoms. The zero-order valence-corrected chi connectivity index (χ0v) is 9.76. The average molecular weight is 269 g/mol. The van der Waals surface area contributed by atoms with Gasteiger partial charge in [-0.05, 0) is 4.92 Å². The first-order valence-electron chi connectivity index (χ1n) is 5.38. The van der Waals surface area contributed by atoms with Gasteiger partial charge in [0.1, 0.15) is 37.3 Å². The normalized spacial score (nSPS) is 12.5. The van der Waals surface area contributed by atoms with Gasteiger partial charge in [-0.3, -0.25) is 0 Å². The number of halogens is 1. The lowest BCUT2D eigenvalue weighted by molar-refractivity contribution is -0.396. The van der Waals surface area contributed by atoms with E-state index in [2.05, 4.69) is 15.3 Å². The minimum Gasteiger partial charge on any atom is -0.394 e. The second-order valence-corrected chi connectivity index (χ2v) is 3.79. The van der Waals surface area contributed by atoms with Gasteiger partial charge in [-0.25, -0.2) is 13.6 Å². The largest absolute Gasteiger partial charge is 0.434 e. The monoisotopic (exact) mass is 269 g/mol. The van der Waals surface area contributed by atoms with Crippen molar-refractivity contribution in [3.05, 3.63) is 34.4 Å². The van der Waals surface area contributed by atoms with Crippen molar-refractivity contribution in [3.8, 4) is 0 Å². The highest BCUT2D eigenvalue weighted by Crippen LogP contribution is 2.11. The first kappa shape index (κ1) is 13.1. The Morgan fingerprint density at radius 1 is 1.58 bits per heavy atom. The average Bonchev–Trinajstić information content (AvgIpc) is 3.01. The van der Waals surface area contributed by atoms with Crippen LogP contribution in [0, 0.1) is 10.1 Å². The summed E-state index contributed by atoms with van der Waals surface area (Å²) in [7, 11) is 0. The van der Waals surface area contributed by atoms with Crippen LogP contribution in [0.1, 0.15) is 11.7 Å². The third-order valence-corrected chi connectivity index (χ3v) is 2.51. The topological polar surface area (TPSA) is 112 Å². The smallest absolute Gasteiger partial charge is 0.394 e. The summed E-state index contributed by atoms with van der Waals surface area (Å²) < 4.78 is 15.0. The van der Waals surface area contributed by atoms with Crippen molar-refractivity contribution in [2.75, 3.05) is 13.3 Å². The van der Waals surface area contributed by atoms with E-state index in [0.717, 1.165) is 0 Å². The van der Waals surface area contributed by atoms with Crippen LogP contribution >= 0.6 is 0 Å². The molecule has 0 saturated heterocycles. The molecule has 10 heteroatoms. The molecular formula is C9H11FN6O3. The summed E-state index contributed by atoms with van der Waals surface area (Å²) in [6.07, 6.45) is 4.18. The Hall–Kier alpha value is -2.36. The number of aliphatic hydroxyl groups excluding tert-OH is 1. The number of alkyl halides is 1. The summed E-state index contributed by atoms with van der Waals surface area (Å²) in [5.74, 6) is -0.307. The Bertz CT molecular complexity index is 564. The molecule has 1 N–H and O–H groups in total. The first-order chi connectivity index (χ1) is 9.15. The molecule has 0 spiro atoms. The highest BCUT2D eigenvalue weighted by molar-refractivity contribution is 5.09. The lowest BCUT2D eigenvalue weighted by Crippen LogP contribution is -2.15. The van der Waals surface area contributed by atoms with Crippen LogP contribution in [-0.2, 0) is 6.54 Å². The number of aromatic nitrogens is 5. The van der Waals surface area contributed by atoms with Gasteiger partial charge < -0.3 is 15.2 Å². The van der Waals surface area contributed by atoms with E-state index in [1.807, 2.05) is 0 Å². The summed E-state index contributed by atoms with van der Waals surface area (Å²) in [4.78, 5) is 13.7. The van der Waals surface area contributed by atoms with E-state index in [9.17, 15) is 14.5 Å². The molecule has 102 valence electrons. The minimum absolute atomic E-state index is 0.0980. The van der Waals surface area contributed by atoms with Crippen LogP contribution in [0.15, 0.2) is 18.6 Å². The van der Waals surface area contributed by atoms with Crippen molar-refractivity contribution in [1.82, 2.24) is 24.5 Å². The Morgan fingerprint density at radius 2 is 2.37 bits per heavy atom. The van der Waals surface area contributed by atoms with Crippen molar-refractivity contribution in [2.24, 2.45) is 0 Å². The lowest BCUT2D eigenvalue weighted by Gasteiger charge is -2.07. The van der Waals surface area contributed by atoms with E-state index < -0.39 is 24.2 Å². The van der Waals surface area contributed by atoms with E-state index >= 15 is 0 Å². The Morgan fingerprint density at radius 3 is 3.00 bits per heavy atom. The molecular weight excluding hydrogens is 258 g/mol. The summed E-state index contributed by atoms with van der Waals surface area (Å²) in [6, 6.07) is -0.793. The van der Waals surface area contributed by atoms with Crippen LogP contribution in [0.3, 0.4) is 0 Å². The Balaban J connectivity index is 2.16. The highest BCUT2D eigenvalue weighted by Gasteiger charge is 2.17. The van der Waals surface area contributed by atoms with Crippen molar-refractivity contribution in [2.45, 2.75) is 12.6 Å². The lowest BCUT2D eigenvalue weighted by atomic mass is 10.3. The SMILES string of the molecule is O=[N+]([O-])c1nccn1Cc1cn([C@@H](CO)C[18F])nn1. The van der Waals surface area contributed by atoms with Gasteiger partial charge in [0.05, 0.1) is 12.8 Å². The molecule has 0 radical (unpaired) electrons. The summed E-state index contributed by atoms with van der Waals surface area (Å²) in [5.41, 5.74) is 0.410. The van der Waals surface area contributed by atoms with Gasteiger partial charge in [-0.15, -0.1) is 5.10 Å². The van der Waals surface area contributed by atoms with Crippen LogP contribution in [-0.4, -0.2) is 47.9 Å². The van der Waals surface area contributed by atoms with Crippen LogP contribution in [0.5, 0.6) is 0 Å². The third-order valence-electron chi connectivity index (χ3n) is 2.51. The van der Waals surface area contributed by atoms with E-state index in [-0.39, 0.29) is 12.5 Å². The van der Waals surface area contributed by atoms with Crippen molar-refractivity contribution in [1.29, 1.82) is 0 Å². The van der Waals surface area contributed by atoms with Crippen molar-refractivity contribution in [3.63, 3.8) is 0 Å². The molecule has 2 aromatic heterocycles. The number of hydrogen-bond acceptors (Lipinski definition) is 6. The zero-order valence-electron chi connectivity index (χ0n) is 9.76. The van der Waals surface area contributed by atoms with E-state index in [0.29, 0.717) is 5.69 Å². The molecule has 0 aliphatic heterocycles. The molecule has 2 heterocycles. The second-order valence-electron chi connectivity index (χ2n) is 3.79. The van der Waals surface area contributed by atoms with E-state index in [1.54, 1.807) is 0 Å². The fourth-order valence-electron chi connectivity index (χ4n) is 1.54. The quantitative estimate of drug-likeness (QED) is 0.580. The van der Waals surface area contributed by atoms with Crippen LogP contribution < -0.4 is 0 Å². The number of rotatable bonds is 6. The maximum absolute atomic E-state index is 12.5. The standard InChI is InChI=1S/C9H11FN6O3/c10-3-8(6-17)15-5-7(12-13-15)4-14-2-1-11-9(14)16(18)19/h1-2,5,8,17H,3-4,6H2/t8-/m1/s1/i10-1. The molecule has 1 atom stereocenters. The van der Waals surface area contributed by atoms with Gasteiger partial charge in [0.25, 0.3) is 0 Å². The predicted octanol–water partition coefficient (Wildman–Crippen LogP) is -0.0660. The van der Waals surface area contributed by atoms with Gasteiger partial charge in [0.15, 0.2) is 0 Å². The van der Waals surface area contributed by atoms with E-state index in [4.69, 9.17) is 5.11 Å². The minimum atomic E-state index is -0.793. The Labute approximate surface area is 106 Å². The molecule has 0 saturated carbocycles. The summed E-state index contributed by atoms with van der Waals surface area (Å²) >= 11 is 0. The molecule has 0 fully saturated rings. The van der Waals surface area contributed by atoms with Crippen molar-refractivity contribution < 1.29 is 14.4 Å². The molecule has 2 aromatic rings. The molecule has 0 unspecified atom stereocenters. The highest BCUT2D eigenvalue weighted by atomic mass is 18.2. The third kappa shape index (κ3) is 2.73. The first-order valence-corrected chi connectivity index (χ1v) is 5.38. The molecule has 0 aliphatic carbocycles. The maximum atomic E-state index is 12.5. The molecule has 0 aliphatic rings. The summed E-state index contributed by atoms with van der Waals surface area (Å²) in [5, 5.41) is 27.1. The summed E-state index contributed by atoms with van der Waals surface area (Å²) in [6.45, 7) is -1.07. The zero-order chi connectivity index (χ0) is 13.8. The maximum Gasteiger partial charge on any atom is 0.434 e. The van der Waals surface area contributed by atoms with Gasteiger partial charge in [0, 0.05) is 0 Å². The number of nitro groups is 1. The fourth-order valence-corrected chi connectivity index (χ4v) is 1.54. The molecule has 19 heavy (non-hydrogen) atoms. The number of aliphatic hydroxyl groups is 1. The number of hydrogen-bond donors (Lipinski definition) is 1. The van der Waals surface area contributed by atoms with Crippen molar-refractivity contribution >= 4 is 5.95 Å². The van der Waals surface area contributed by atoms with Gasteiger partial charge in [-0.1, -0.05) is 10.2 Å².